The van der Waals surface area contributed by atoms with Crippen LogP contribution in [0.5, 0.6) is 0 Å². The molecule has 0 amide bonds. The van der Waals surface area contributed by atoms with E-state index < -0.39 is 5.95 Å². The summed E-state index contributed by atoms with van der Waals surface area (Å²) in [5.74, 6) is -0.899. The molecule has 0 fully saturated rings. The number of H-pyrrole nitrogens is 1. The van der Waals surface area contributed by atoms with Gasteiger partial charge < -0.3 is 9.72 Å². The van der Waals surface area contributed by atoms with Gasteiger partial charge in [-0.05, 0) is 24.3 Å². The Hall–Kier alpha value is -2.76. The highest BCUT2D eigenvalue weighted by molar-refractivity contribution is 5.96. The number of cyclic esters (lactones) is 1. The number of fused-ring (bicyclic) bond motifs is 2. The van der Waals surface area contributed by atoms with Gasteiger partial charge in [0.05, 0.1) is 17.7 Å². The Kier molecular flexibility index (Phi) is 2.50. The smallest absolute Gasteiger partial charge is 0.339 e. The van der Waals surface area contributed by atoms with Crippen molar-refractivity contribution in [1.82, 2.24) is 15.0 Å². The highest BCUT2D eigenvalue weighted by Gasteiger charge is 2.22. The first-order valence-corrected chi connectivity index (χ1v) is 6.53. The molecule has 0 spiro atoms. The molecule has 4 rings (SSSR count). The molecule has 3 aromatic rings. The fourth-order valence-corrected chi connectivity index (χ4v) is 2.56. The second kappa shape index (κ2) is 4.37. The topological polar surface area (TPSA) is 67.9 Å². The first kappa shape index (κ1) is 12.0. The molecule has 0 bridgehead atoms. The van der Waals surface area contributed by atoms with Gasteiger partial charge >= 0.3 is 5.97 Å². The van der Waals surface area contributed by atoms with Crippen LogP contribution in [-0.4, -0.2) is 27.5 Å². The average Bonchev–Trinajstić information content (AvgIpc) is 2.92. The molecule has 0 saturated carbocycles. The number of ether oxygens (including phenoxy) is 1. The Morgan fingerprint density at radius 3 is 3.00 bits per heavy atom. The fraction of sp³-hybridized carbons (Fsp3) is 0.133. The van der Waals surface area contributed by atoms with Crippen molar-refractivity contribution in [3.05, 3.63) is 47.7 Å². The van der Waals surface area contributed by atoms with Crippen LogP contribution in [0.4, 0.5) is 4.39 Å². The van der Waals surface area contributed by atoms with E-state index in [1.54, 1.807) is 24.4 Å². The van der Waals surface area contributed by atoms with Gasteiger partial charge in [-0.15, -0.1) is 0 Å². The molecule has 6 heteroatoms. The molecule has 1 N–H and O–H groups in total. The number of halogens is 1. The SMILES string of the molecule is O=C1OCCc2[nH]c(-c3ccnc4ccc(F)nc34)cc21. The number of rotatable bonds is 1. The number of aromatic amines is 1. The molecule has 0 unspecified atom stereocenters. The predicted octanol–water partition coefficient (Wildman–Crippen LogP) is 2.48. The van der Waals surface area contributed by atoms with Crippen molar-refractivity contribution in [2.45, 2.75) is 6.42 Å². The van der Waals surface area contributed by atoms with Crippen molar-refractivity contribution in [3.8, 4) is 11.3 Å². The van der Waals surface area contributed by atoms with Crippen molar-refractivity contribution >= 4 is 17.0 Å². The molecular weight excluding hydrogens is 273 g/mol. The minimum atomic E-state index is -0.563. The van der Waals surface area contributed by atoms with Gasteiger partial charge in [0.1, 0.15) is 5.52 Å². The van der Waals surface area contributed by atoms with E-state index in [0.29, 0.717) is 40.9 Å². The number of hydrogen-bond donors (Lipinski definition) is 1. The third kappa shape index (κ3) is 1.87. The van der Waals surface area contributed by atoms with Crippen molar-refractivity contribution in [1.29, 1.82) is 0 Å². The van der Waals surface area contributed by atoms with E-state index >= 15 is 0 Å². The van der Waals surface area contributed by atoms with Crippen molar-refractivity contribution in [2.24, 2.45) is 0 Å². The average molecular weight is 283 g/mol. The Morgan fingerprint density at radius 1 is 1.24 bits per heavy atom. The van der Waals surface area contributed by atoms with Gasteiger partial charge in [-0.1, -0.05) is 0 Å². The van der Waals surface area contributed by atoms with Gasteiger partial charge in [0.25, 0.3) is 0 Å². The molecule has 0 radical (unpaired) electrons. The zero-order valence-corrected chi connectivity index (χ0v) is 10.9. The number of hydrogen-bond acceptors (Lipinski definition) is 4. The molecule has 0 atom stereocenters. The van der Waals surface area contributed by atoms with Crippen molar-refractivity contribution in [2.75, 3.05) is 6.61 Å². The van der Waals surface area contributed by atoms with E-state index in [2.05, 4.69) is 15.0 Å². The van der Waals surface area contributed by atoms with Crippen LogP contribution in [0.25, 0.3) is 22.3 Å². The van der Waals surface area contributed by atoms with Crippen LogP contribution in [-0.2, 0) is 11.2 Å². The van der Waals surface area contributed by atoms with E-state index in [4.69, 9.17) is 4.74 Å². The van der Waals surface area contributed by atoms with E-state index in [1.807, 2.05) is 0 Å². The Balaban J connectivity index is 1.95. The summed E-state index contributed by atoms with van der Waals surface area (Å²) in [5, 5.41) is 0. The standard InChI is InChI=1S/C15H10FN3O2/c16-13-2-1-11-14(19-13)8(3-5-17-11)12-7-9-10(18-12)4-6-21-15(9)20/h1-3,5,7,18H,4,6H2. The highest BCUT2D eigenvalue weighted by atomic mass is 19.1. The van der Waals surface area contributed by atoms with Crippen molar-refractivity contribution < 1.29 is 13.9 Å². The second-order valence-electron chi connectivity index (χ2n) is 4.82. The van der Waals surface area contributed by atoms with Gasteiger partial charge in [0, 0.05) is 29.6 Å². The quantitative estimate of drug-likeness (QED) is 0.550. The zero-order chi connectivity index (χ0) is 14.4. The summed E-state index contributed by atoms with van der Waals surface area (Å²) in [4.78, 5) is 23.0. The minimum Gasteiger partial charge on any atom is -0.462 e. The normalized spacial score (nSPS) is 14.0. The Bertz CT molecular complexity index is 872. The van der Waals surface area contributed by atoms with E-state index in [0.717, 1.165) is 5.69 Å². The maximum absolute atomic E-state index is 13.4. The second-order valence-corrected chi connectivity index (χ2v) is 4.82. The van der Waals surface area contributed by atoms with Gasteiger partial charge in [-0.2, -0.15) is 4.39 Å². The van der Waals surface area contributed by atoms with Crippen LogP contribution >= 0.6 is 0 Å². The molecule has 0 aromatic carbocycles. The summed E-state index contributed by atoms with van der Waals surface area (Å²) in [5.41, 5.74) is 3.85. The minimum absolute atomic E-state index is 0.337. The summed E-state index contributed by atoms with van der Waals surface area (Å²) in [7, 11) is 0. The molecule has 0 saturated heterocycles. The number of pyridine rings is 2. The van der Waals surface area contributed by atoms with Gasteiger partial charge in [0.15, 0.2) is 0 Å². The molecule has 3 aromatic heterocycles. The zero-order valence-electron chi connectivity index (χ0n) is 10.9. The van der Waals surface area contributed by atoms with Crippen LogP contribution in [0, 0.1) is 5.95 Å². The van der Waals surface area contributed by atoms with E-state index in [9.17, 15) is 9.18 Å². The number of nitrogens with zero attached hydrogens (tertiary/aromatic N) is 2. The van der Waals surface area contributed by atoms with Crippen LogP contribution in [0.15, 0.2) is 30.5 Å². The highest BCUT2D eigenvalue weighted by Crippen LogP contribution is 2.29. The third-order valence-electron chi connectivity index (χ3n) is 3.54. The summed E-state index contributed by atoms with van der Waals surface area (Å²) in [6.45, 7) is 0.371. The first-order chi connectivity index (χ1) is 10.2. The summed E-state index contributed by atoms with van der Waals surface area (Å²) in [6.07, 6.45) is 2.28. The van der Waals surface area contributed by atoms with E-state index in [1.165, 1.54) is 6.07 Å². The Labute approximate surface area is 118 Å². The molecule has 4 heterocycles. The fourth-order valence-electron chi connectivity index (χ4n) is 2.56. The summed E-state index contributed by atoms with van der Waals surface area (Å²) in [6, 6.07) is 6.32. The molecular formula is C15H10FN3O2. The number of carbonyl (C=O) groups is 1. The van der Waals surface area contributed by atoms with Crippen molar-refractivity contribution in [3.63, 3.8) is 0 Å². The van der Waals surface area contributed by atoms with Crippen LogP contribution in [0.2, 0.25) is 0 Å². The van der Waals surface area contributed by atoms with Crippen LogP contribution in [0.3, 0.4) is 0 Å². The lowest BCUT2D eigenvalue weighted by Gasteiger charge is -2.10. The predicted molar refractivity (Wildman–Crippen MR) is 73.3 cm³/mol. The molecule has 1 aliphatic heterocycles. The third-order valence-corrected chi connectivity index (χ3v) is 3.54. The maximum Gasteiger partial charge on any atom is 0.339 e. The van der Waals surface area contributed by atoms with Crippen LogP contribution < -0.4 is 0 Å². The molecule has 1 aliphatic rings. The lowest BCUT2D eigenvalue weighted by Crippen LogP contribution is -2.16. The van der Waals surface area contributed by atoms with E-state index in [-0.39, 0.29) is 5.97 Å². The summed E-state index contributed by atoms with van der Waals surface area (Å²) >= 11 is 0. The largest absolute Gasteiger partial charge is 0.462 e. The number of carbonyl (C=O) groups excluding carboxylic acids is 1. The lowest BCUT2D eigenvalue weighted by atomic mass is 10.1. The molecule has 104 valence electrons. The maximum atomic E-state index is 13.4. The summed E-state index contributed by atoms with van der Waals surface area (Å²) < 4.78 is 18.4. The number of aromatic nitrogens is 3. The number of esters is 1. The monoisotopic (exact) mass is 283 g/mol. The van der Waals surface area contributed by atoms with Gasteiger partial charge in [0.2, 0.25) is 5.95 Å². The lowest BCUT2D eigenvalue weighted by molar-refractivity contribution is 0.0479. The Morgan fingerprint density at radius 2 is 2.14 bits per heavy atom. The first-order valence-electron chi connectivity index (χ1n) is 6.53. The number of nitrogens with one attached hydrogen (secondary N) is 1. The molecule has 21 heavy (non-hydrogen) atoms. The molecule has 5 nitrogen and oxygen atoms in total. The molecule has 0 aliphatic carbocycles. The van der Waals surface area contributed by atoms with Gasteiger partial charge in [-0.25, -0.2) is 9.78 Å². The van der Waals surface area contributed by atoms with Crippen LogP contribution in [0.1, 0.15) is 16.1 Å². The van der Waals surface area contributed by atoms with Gasteiger partial charge in [-0.3, -0.25) is 4.98 Å².